The first-order chi connectivity index (χ1) is 8.58. The van der Waals surface area contributed by atoms with Gasteiger partial charge in [0.2, 0.25) is 0 Å². The van der Waals surface area contributed by atoms with Gasteiger partial charge < -0.3 is 9.84 Å². The molecule has 1 unspecified atom stereocenters. The van der Waals surface area contributed by atoms with E-state index in [4.69, 9.17) is 9.84 Å². The Balaban J connectivity index is 2.00. The maximum absolute atomic E-state index is 11.0. The van der Waals surface area contributed by atoms with Crippen LogP contribution in [0.15, 0.2) is 12.3 Å². The van der Waals surface area contributed by atoms with Crippen LogP contribution >= 0.6 is 0 Å². The highest BCUT2D eigenvalue weighted by Gasteiger charge is 2.24. The third kappa shape index (κ3) is 2.88. The molecule has 2 rings (SSSR count). The van der Waals surface area contributed by atoms with Crippen LogP contribution in [0.25, 0.3) is 0 Å². The molecular formula is C12H19N3O3. The van der Waals surface area contributed by atoms with Gasteiger partial charge in [-0.05, 0) is 19.9 Å². The number of carboxylic acid groups (broad SMARTS) is 1. The Morgan fingerprint density at radius 3 is 3.11 bits per heavy atom. The number of rotatable bonds is 4. The first kappa shape index (κ1) is 13.0. The summed E-state index contributed by atoms with van der Waals surface area (Å²) in [5, 5.41) is 13.1. The van der Waals surface area contributed by atoms with Crippen LogP contribution < -0.4 is 0 Å². The Labute approximate surface area is 106 Å². The highest BCUT2D eigenvalue weighted by molar-refractivity contribution is 5.85. The molecule has 1 aliphatic heterocycles. The number of hydrogen-bond donors (Lipinski definition) is 1. The molecular weight excluding hydrogens is 234 g/mol. The molecule has 1 aromatic heterocycles. The number of morpholine rings is 1. The molecule has 0 aromatic carbocycles. The van der Waals surface area contributed by atoms with Crippen LogP contribution in [0.1, 0.15) is 24.3 Å². The van der Waals surface area contributed by atoms with Gasteiger partial charge in [0.25, 0.3) is 0 Å². The van der Waals surface area contributed by atoms with Crippen LogP contribution in [0.3, 0.4) is 0 Å². The van der Waals surface area contributed by atoms with Crippen molar-refractivity contribution in [1.82, 2.24) is 14.7 Å². The minimum atomic E-state index is -0.955. The summed E-state index contributed by atoms with van der Waals surface area (Å²) in [4.78, 5) is 13.3. The molecule has 0 radical (unpaired) electrons. The molecule has 100 valence electrons. The Bertz CT molecular complexity index is 416. The third-order valence-corrected chi connectivity index (χ3v) is 3.21. The minimum Gasteiger partial charge on any atom is -0.477 e. The van der Waals surface area contributed by atoms with Crippen molar-refractivity contribution in [2.24, 2.45) is 0 Å². The summed E-state index contributed by atoms with van der Waals surface area (Å²) >= 11 is 0. The summed E-state index contributed by atoms with van der Waals surface area (Å²) in [6.07, 6.45) is 1.51. The average Bonchev–Trinajstić information content (AvgIpc) is 2.77. The third-order valence-electron chi connectivity index (χ3n) is 3.21. The number of ether oxygens (including phenoxy) is 1. The van der Waals surface area contributed by atoms with Crippen LogP contribution in [-0.2, 0) is 11.3 Å². The van der Waals surface area contributed by atoms with E-state index in [1.807, 2.05) is 0 Å². The van der Waals surface area contributed by atoms with Crippen LogP contribution in [0, 0.1) is 0 Å². The molecule has 0 amide bonds. The molecule has 1 saturated heterocycles. The zero-order chi connectivity index (χ0) is 13.1. The largest absolute Gasteiger partial charge is 0.477 e. The second-order valence-corrected chi connectivity index (χ2v) is 4.79. The molecule has 0 spiro atoms. The van der Waals surface area contributed by atoms with E-state index in [2.05, 4.69) is 23.8 Å². The van der Waals surface area contributed by atoms with Crippen LogP contribution in [0.5, 0.6) is 0 Å². The first-order valence-electron chi connectivity index (χ1n) is 6.18. The minimum absolute atomic E-state index is 0.000787. The summed E-state index contributed by atoms with van der Waals surface area (Å²) in [6.45, 7) is 7.22. The molecule has 0 aliphatic carbocycles. The zero-order valence-corrected chi connectivity index (χ0v) is 10.7. The van der Waals surface area contributed by atoms with Crippen molar-refractivity contribution in [3.63, 3.8) is 0 Å². The van der Waals surface area contributed by atoms with Crippen LogP contribution in [-0.4, -0.2) is 57.6 Å². The van der Waals surface area contributed by atoms with Gasteiger partial charge in [-0.3, -0.25) is 9.58 Å². The molecule has 6 nitrogen and oxygen atoms in total. The first-order valence-corrected chi connectivity index (χ1v) is 6.18. The number of carbonyl (C=O) groups is 1. The molecule has 6 heteroatoms. The molecule has 2 heterocycles. The standard InChI is InChI=1S/C12H19N3O3/c1-9(2)14-5-6-18-10(7-14)8-15-11(12(16)17)3-4-13-15/h3-4,9-10H,5-8H2,1-2H3,(H,16,17). The van der Waals surface area contributed by atoms with Gasteiger partial charge in [0.05, 0.1) is 19.3 Å². The lowest BCUT2D eigenvalue weighted by atomic mass is 10.2. The Morgan fingerprint density at radius 2 is 2.44 bits per heavy atom. The van der Waals surface area contributed by atoms with Crippen molar-refractivity contribution >= 4 is 5.97 Å². The number of hydrogen-bond acceptors (Lipinski definition) is 4. The predicted octanol–water partition coefficient (Wildman–Crippen LogP) is 0.691. The summed E-state index contributed by atoms with van der Waals surface area (Å²) < 4.78 is 7.17. The fraction of sp³-hybridized carbons (Fsp3) is 0.667. The fourth-order valence-corrected chi connectivity index (χ4v) is 2.17. The van der Waals surface area contributed by atoms with Gasteiger partial charge in [0.15, 0.2) is 0 Å². The molecule has 1 aliphatic rings. The van der Waals surface area contributed by atoms with E-state index in [9.17, 15) is 4.79 Å². The number of aromatic carboxylic acids is 1. The van der Waals surface area contributed by atoms with Crippen LogP contribution in [0.4, 0.5) is 0 Å². The molecule has 1 N–H and O–H groups in total. The van der Waals surface area contributed by atoms with E-state index in [0.717, 1.165) is 13.1 Å². The van der Waals surface area contributed by atoms with Crippen molar-refractivity contribution in [3.8, 4) is 0 Å². The topological polar surface area (TPSA) is 67.6 Å². The lowest BCUT2D eigenvalue weighted by Gasteiger charge is -2.35. The summed E-state index contributed by atoms with van der Waals surface area (Å²) in [5.74, 6) is -0.955. The van der Waals surface area contributed by atoms with Crippen LogP contribution in [0.2, 0.25) is 0 Å². The average molecular weight is 253 g/mol. The molecule has 0 saturated carbocycles. The summed E-state index contributed by atoms with van der Waals surface area (Å²) in [5.41, 5.74) is 0.209. The van der Waals surface area contributed by atoms with Gasteiger partial charge in [-0.15, -0.1) is 0 Å². The number of carboxylic acids is 1. The molecule has 0 bridgehead atoms. The Hall–Kier alpha value is -1.40. The van der Waals surface area contributed by atoms with Gasteiger partial charge in [-0.2, -0.15) is 5.10 Å². The Kier molecular flexibility index (Phi) is 3.98. The molecule has 18 heavy (non-hydrogen) atoms. The van der Waals surface area contributed by atoms with Gasteiger partial charge in [-0.25, -0.2) is 4.79 Å². The van der Waals surface area contributed by atoms with Crippen molar-refractivity contribution in [2.75, 3.05) is 19.7 Å². The smallest absolute Gasteiger partial charge is 0.354 e. The van der Waals surface area contributed by atoms with Crippen molar-refractivity contribution in [3.05, 3.63) is 18.0 Å². The normalized spacial score (nSPS) is 21.4. The maximum Gasteiger partial charge on any atom is 0.354 e. The van der Waals surface area contributed by atoms with Gasteiger partial charge >= 0.3 is 5.97 Å². The van der Waals surface area contributed by atoms with Gasteiger partial charge in [-0.1, -0.05) is 0 Å². The second-order valence-electron chi connectivity index (χ2n) is 4.79. The quantitative estimate of drug-likeness (QED) is 0.855. The van der Waals surface area contributed by atoms with Crippen molar-refractivity contribution in [2.45, 2.75) is 32.5 Å². The molecule has 1 aromatic rings. The summed E-state index contributed by atoms with van der Waals surface area (Å²) in [6, 6.07) is 1.98. The van der Waals surface area contributed by atoms with Gasteiger partial charge in [0.1, 0.15) is 5.69 Å². The van der Waals surface area contributed by atoms with Crippen molar-refractivity contribution in [1.29, 1.82) is 0 Å². The lowest BCUT2D eigenvalue weighted by molar-refractivity contribution is -0.0472. The van der Waals surface area contributed by atoms with E-state index >= 15 is 0 Å². The van der Waals surface area contributed by atoms with E-state index in [1.165, 1.54) is 16.9 Å². The lowest BCUT2D eigenvalue weighted by Crippen LogP contribution is -2.47. The highest BCUT2D eigenvalue weighted by Crippen LogP contribution is 2.11. The highest BCUT2D eigenvalue weighted by atomic mass is 16.5. The Morgan fingerprint density at radius 1 is 1.67 bits per heavy atom. The SMILES string of the molecule is CC(C)N1CCOC(Cn2nccc2C(=O)O)C1. The van der Waals surface area contributed by atoms with Crippen molar-refractivity contribution < 1.29 is 14.6 Å². The van der Waals surface area contributed by atoms with E-state index in [1.54, 1.807) is 0 Å². The predicted molar refractivity (Wildman–Crippen MR) is 65.6 cm³/mol. The van der Waals surface area contributed by atoms with Gasteiger partial charge in [0, 0.05) is 25.3 Å². The number of aromatic nitrogens is 2. The monoisotopic (exact) mass is 253 g/mol. The molecule has 1 fully saturated rings. The zero-order valence-electron chi connectivity index (χ0n) is 10.7. The maximum atomic E-state index is 11.0. The summed E-state index contributed by atoms with van der Waals surface area (Å²) in [7, 11) is 0. The second kappa shape index (κ2) is 5.49. The molecule has 1 atom stereocenters. The van der Waals surface area contributed by atoms with E-state index in [0.29, 0.717) is 19.2 Å². The van der Waals surface area contributed by atoms with E-state index < -0.39 is 5.97 Å². The van der Waals surface area contributed by atoms with E-state index in [-0.39, 0.29) is 11.8 Å². The fourth-order valence-electron chi connectivity index (χ4n) is 2.17. The number of nitrogens with zero attached hydrogens (tertiary/aromatic N) is 3.